The Morgan fingerprint density at radius 2 is 2.14 bits per heavy atom. The molecular weight excluding hydrogens is 280 g/mol. The fraction of sp³-hybridized carbons (Fsp3) is 0.938. The topological polar surface area (TPSA) is 39.7 Å². The van der Waals surface area contributed by atoms with Crippen LogP contribution in [-0.2, 0) is 0 Å². The first kappa shape index (κ1) is 18.6. The lowest BCUT2D eigenvalue weighted by atomic mass is 10.0. The van der Waals surface area contributed by atoms with Gasteiger partial charge in [0.05, 0.1) is 0 Å². The Balaban J connectivity index is 2.28. The van der Waals surface area contributed by atoms with Gasteiger partial charge in [-0.1, -0.05) is 13.3 Å². The zero-order chi connectivity index (χ0) is 15.3. The summed E-state index contributed by atoms with van der Waals surface area (Å²) in [5.74, 6) is 2.16. The van der Waals surface area contributed by atoms with Crippen LogP contribution in [0.25, 0.3) is 0 Å². The number of nitrogens with zero attached hydrogens (tertiary/aromatic N) is 2. The van der Waals surface area contributed by atoms with Crippen LogP contribution in [0.2, 0.25) is 0 Å². The van der Waals surface area contributed by atoms with Crippen LogP contribution < -0.4 is 10.6 Å². The van der Waals surface area contributed by atoms with Gasteiger partial charge in [-0.2, -0.15) is 11.8 Å². The number of piperidine rings is 1. The Hall–Kier alpha value is -0.420. The van der Waals surface area contributed by atoms with Crippen LogP contribution >= 0.6 is 11.8 Å². The van der Waals surface area contributed by atoms with Gasteiger partial charge in [0.25, 0.3) is 0 Å². The largest absolute Gasteiger partial charge is 0.357 e. The van der Waals surface area contributed by atoms with Crippen molar-refractivity contribution < 1.29 is 0 Å². The summed E-state index contributed by atoms with van der Waals surface area (Å²) in [6.07, 6.45) is 8.72. The standard InChI is InChI=1S/C16H34N4S/c1-4-15-9-6-7-12-20(15)13-11-19-16(17-5-2)18-10-8-14-21-3/h15H,4-14H2,1-3H3,(H2,17,18,19). The molecule has 0 radical (unpaired) electrons. The third kappa shape index (κ3) is 7.96. The first-order chi connectivity index (χ1) is 10.3. The van der Waals surface area contributed by atoms with Gasteiger partial charge < -0.3 is 10.6 Å². The van der Waals surface area contributed by atoms with Crippen molar-refractivity contribution in [2.75, 3.05) is 44.7 Å². The average Bonchev–Trinajstić information content (AvgIpc) is 2.52. The third-order valence-electron chi connectivity index (χ3n) is 4.03. The van der Waals surface area contributed by atoms with Gasteiger partial charge >= 0.3 is 0 Å². The van der Waals surface area contributed by atoms with Gasteiger partial charge in [-0.05, 0) is 51.2 Å². The minimum atomic E-state index is 0.793. The molecule has 0 saturated carbocycles. The van der Waals surface area contributed by atoms with Gasteiger partial charge in [-0.25, -0.2) is 0 Å². The van der Waals surface area contributed by atoms with E-state index in [1.807, 2.05) is 11.8 Å². The van der Waals surface area contributed by atoms with Crippen LogP contribution in [-0.4, -0.2) is 61.6 Å². The molecule has 1 fully saturated rings. The molecule has 1 heterocycles. The molecule has 0 aromatic heterocycles. The van der Waals surface area contributed by atoms with Crippen molar-refractivity contribution in [3.8, 4) is 0 Å². The van der Waals surface area contributed by atoms with Crippen molar-refractivity contribution in [3.63, 3.8) is 0 Å². The third-order valence-corrected chi connectivity index (χ3v) is 4.73. The van der Waals surface area contributed by atoms with Crippen LogP contribution in [0, 0.1) is 0 Å². The molecule has 0 aromatic carbocycles. The molecule has 21 heavy (non-hydrogen) atoms. The SMILES string of the molecule is CCNC(=NCCCSC)NCCN1CCCCC1CC. The molecule has 1 unspecified atom stereocenters. The fourth-order valence-electron chi connectivity index (χ4n) is 2.88. The number of hydrogen-bond donors (Lipinski definition) is 2. The van der Waals surface area contributed by atoms with Crippen LogP contribution in [0.1, 0.15) is 46.0 Å². The van der Waals surface area contributed by atoms with E-state index in [4.69, 9.17) is 0 Å². The Bertz CT molecular complexity index is 283. The van der Waals surface area contributed by atoms with E-state index >= 15 is 0 Å². The van der Waals surface area contributed by atoms with E-state index in [0.29, 0.717) is 0 Å². The van der Waals surface area contributed by atoms with Crippen molar-refractivity contribution in [3.05, 3.63) is 0 Å². The van der Waals surface area contributed by atoms with Gasteiger partial charge in [0.15, 0.2) is 5.96 Å². The molecule has 0 spiro atoms. The van der Waals surface area contributed by atoms with Gasteiger partial charge in [0.2, 0.25) is 0 Å². The number of likely N-dealkylation sites (tertiary alicyclic amines) is 1. The highest BCUT2D eigenvalue weighted by molar-refractivity contribution is 7.98. The summed E-state index contributed by atoms with van der Waals surface area (Å²) in [6.45, 7) is 9.66. The van der Waals surface area contributed by atoms with Crippen LogP contribution in [0.4, 0.5) is 0 Å². The number of thioether (sulfide) groups is 1. The van der Waals surface area contributed by atoms with Crippen LogP contribution in [0.15, 0.2) is 4.99 Å². The number of guanidine groups is 1. The highest BCUT2D eigenvalue weighted by Crippen LogP contribution is 2.18. The molecule has 0 amide bonds. The average molecular weight is 315 g/mol. The van der Waals surface area contributed by atoms with E-state index in [1.54, 1.807) is 0 Å². The van der Waals surface area contributed by atoms with E-state index in [0.717, 1.165) is 44.6 Å². The minimum absolute atomic E-state index is 0.793. The second-order valence-corrected chi connectivity index (χ2v) is 6.61. The van der Waals surface area contributed by atoms with Crippen molar-refractivity contribution in [1.29, 1.82) is 0 Å². The minimum Gasteiger partial charge on any atom is -0.357 e. The highest BCUT2D eigenvalue weighted by Gasteiger charge is 2.19. The smallest absolute Gasteiger partial charge is 0.191 e. The molecule has 1 atom stereocenters. The molecule has 1 saturated heterocycles. The zero-order valence-electron chi connectivity index (χ0n) is 14.2. The second kappa shape index (κ2) is 12.2. The maximum absolute atomic E-state index is 4.64. The second-order valence-electron chi connectivity index (χ2n) is 5.63. The molecule has 124 valence electrons. The lowest BCUT2D eigenvalue weighted by molar-refractivity contribution is 0.147. The lowest BCUT2D eigenvalue weighted by Crippen LogP contribution is -2.46. The van der Waals surface area contributed by atoms with Crippen molar-refractivity contribution in [2.45, 2.75) is 52.0 Å². The number of hydrogen-bond acceptors (Lipinski definition) is 3. The number of aliphatic imine (C=N–C) groups is 1. The predicted molar refractivity (Wildman–Crippen MR) is 96.5 cm³/mol. The van der Waals surface area contributed by atoms with Gasteiger partial charge in [0, 0.05) is 32.2 Å². The molecule has 2 N–H and O–H groups in total. The summed E-state index contributed by atoms with van der Waals surface area (Å²) < 4.78 is 0. The maximum atomic E-state index is 4.64. The molecular formula is C16H34N4S. The molecule has 0 aliphatic carbocycles. The summed E-state index contributed by atoms with van der Waals surface area (Å²) in [4.78, 5) is 7.28. The van der Waals surface area contributed by atoms with Crippen molar-refractivity contribution in [1.82, 2.24) is 15.5 Å². The summed E-state index contributed by atoms with van der Waals surface area (Å²) in [5.41, 5.74) is 0. The van der Waals surface area contributed by atoms with Crippen molar-refractivity contribution >= 4 is 17.7 Å². The Kier molecular flexibility index (Phi) is 10.8. The summed E-state index contributed by atoms with van der Waals surface area (Å²) >= 11 is 1.89. The van der Waals surface area contributed by atoms with E-state index in [1.165, 1.54) is 38.0 Å². The summed E-state index contributed by atoms with van der Waals surface area (Å²) in [6, 6.07) is 0.793. The molecule has 5 heteroatoms. The van der Waals surface area contributed by atoms with Gasteiger partial charge in [0.1, 0.15) is 0 Å². The monoisotopic (exact) mass is 314 g/mol. The first-order valence-electron chi connectivity index (χ1n) is 8.57. The number of nitrogens with one attached hydrogen (secondary N) is 2. The highest BCUT2D eigenvalue weighted by atomic mass is 32.2. The van der Waals surface area contributed by atoms with Crippen LogP contribution in [0.5, 0.6) is 0 Å². The Labute approximate surface area is 135 Å². The van der Waals surface area contributed by atoms with Gasteiger partial charge in [-0.15, -0.1) is 0 Å². The first-order valence-corrected chi connectivity index (χ1v) is 9.96. The fourth-order valence-corrected chi connectivity index (χ4v) is 3.29. The summed E-state index contributed by atoms with van der Waals surface area (Å²) in [7, 11) is 0. The molecule has 4 nitrogen and oxygen atoms in total. The van der Waals surface area contributed by atoms with E-state index in [-0.39, 0.29) is 0 Å². The summed E-state index contributed by atoms with van der Waals surface area (Å²) in [5, 5.41) is 6.82. The maximum Gasteiger partial charge on any atom is 0.191 e. The van der Waals surface area contributed by atoms with E-state index in [2.05, 4.69) is 40.6 Å². The molecule has 1 aliphatic heterocycles. The quantitative estimate of drug-likeness (QED) is 0.390. The van der Waals surface area contributed by atoms with E-state index in [9.17, 15) is 0 Å². The zero-order valence-corrected chi connectivity index (χ0v) is 15.0. The normalized spacial score (nSPS) is 20.5. The predicted octanol–water partition coefficient (Wildman–Crippen LogP) is 2.56. The van der Waals surface area contributed by atoms with Gasteiger partial charge in [-0.3, -0.25) is 9.89 Å². The van der Waals surface area contributed by atoms with Crippen LogP contribution in [0.3, 0.4) is 0 Å². The Morgan fingerprint density at radius 3 is 2.86 bits per heavy atom. The molecule has 1 rings (SSSR count). The number of rotatable bonds is 9. The lowest BCUT2D eigenvalue weighted by Gasteiger charge is -2.35. The Morgan fingerprint density at radius 1 is 1.29 bits per heavy atom. The molecule has 0 aromatic rings. The molecule has 1 aliphatic rings. The van der Waals surface area contributed by atoms with Crippen molar-refractivity contribution in [2.24, 2.45) is 4.99 Å². The molecule has 0 bridgehead atoms. The van der Waals surface area contributed by atoms with E-state index < -0.39 is 0 Å².